The number of nitrogens with one attached hydrogen (secondary N) is 2. The molecule has 172 valence electrons. The second-order valence-corrected chi connectivity index (χ2v) is 9.91. The Bertz CT molecular complexity index is 1120. The Balaban J connectivity index is 2.02. The van der Waals surface area contributed by atoms with E-state index in [-0.39, 0.29) is 15.6 Å². The van der Waals surface area contributed by atoms with Gasteiger partial charge in [-0.25, -0.2) is 8.42 Å². The molecule has 0 spiro atoms. The summed E-state index contributed by atoms with van der Waals surface area (Å²) in [6.07, 6.45) is 0. The van der Waals surface area contributed by atoms with Gasteiger partial charge in [0.1, 0.15) is 11.1 Å². The molecule has 13 heteroatoms. The highest BCUT2D eigenvalue weighted by Gasteiger charge is 2.30. The molecule has 2 aromatic rings. The number of esters is 1. The number of nitrogens with zero attached hydrogens (tertiary/aromatic N) is 1. The number of benzene rings is 2. The van der Waals surface area contributed by atoms with Crippen molar-refractivity contribution in [3.8, 4) is 0 Å². The van der Waals surface area contributed by atoms with Crippen molar-refractivity contribution in [1.82, 2.24) is 4.72 Å². The Labute approximate surface area is 197 Å². The van der Waals surface area contributed by atoms with E-state index in [1.807, 2.05) is 0 Å². The molecule has 0 aliphatic rings. The first kappa shape index (κ1) is 25.7. The second-order valence-electron chi connectivity index (χ2n) is 6.88. The van der Waals surface area contributed by atoms with Gasteiger partial charge in [-0.3, -0.25) is 19.7 Å². The van der Waals surface area contributed by atoms with Crippen LogP contribution >= 0.6 is 27.5 Å². The number of nitro groups is 1. The third-order valence-corrected chi connectivity index (χ3v) is 6.40. The molecule has 0 unspecified atom stereocenters. The fourth-order valence-electron chi connectivity index (χ4n) is 2.46. The Hall–Kier alpha value is -2.54. The number of amides is 1. The lowest BCUT2D eigenvalue weighted by molar-refractivity contribution is -0.384. The Morgan fingerprint density at radius 2 is 1.81 bits per heavy atom. The van der Waals surface area contributed by atoms with Crippen LogP contribution in [-0.2, 0) is 24.3 Å². The molecule has 2 N–H and O–H groups in total. The molecule has 2 aromatic carbocycles. The minimum atomic E-state index is -4.02. The Morgan fingerprint density at radius 3 is 2.38 bits per heavy atom. The summed E-state index contributed by atoms with van der Waals surface area (Å²) in [5.41, 5.74) is -0.317. The topological polar surface area (TPSA) is 145 Å². The zero-order valence-corrected chi connectivity index (χ0v) is 20.0. The molecule has 0 aliphatic heterocycles. The fraction of sp³-hybridized carbons (Fsp3) is 0.263. The number of rotatable bonds is 9. The standard InChI is InChI=1S/C19H19BrClN3O7S/c1-11(2)18(23-32(29,30)14-6-3-12(20)4-7-14)19(26)31-10-17(25)22-13-5-8-15(21)16(9-13)24(27)28/h3-9,11,18,23H,10H2,1-2H3,(H,22,25)/t18-/m0/s1. The zero-order chi connectivity index (χ0) is 24.1. The third kappa shape index (κ3) is 6.99. The predicted octanol–water partition coefficient (Wildman–Crippen LogP) is 3.50. The molecule has 0 aromatic heterocycles. The van der Waals surface area contributed by atoms with Gasteiger partial charge in [-0.05, 0) is 42.3 Å². The van der Waals surface area contributed by atoms with Crippen LogP contribution < -0.4 is 10.0 Å². The average molecular weight is 549 g/mol. The highest BCUT2D eigenvalue weighted by molar-refractivity contribution is 9.10. The van der Waals surface area contributed by atoms with Crippen LogP contribution in [0.25, 0.3) is 0 Å². The summed E-state index contributed by atoms with van der Waals surface area (Å²) in [6.45, 7) is 2.50. The summed E-state index contributed by atoms with van der Waals surface area (Å²) in [4.78, 5) is 34.7. The first-order valence-corrected chi connectivity index (χ1v) is 11.7. The maximum atomic E-state index is 12.6. The number of hydrogen-bond donors (Lipinski definition) is 2. The number of anilines is 1. The van der Waals surface area contributed by atoms with Crippen LogP contribution in [0.1, 0.15) is 13.8 Å². The van der Waals surface area contributed by atoms with Crippen molar-refractivity contribution >= 4 is 60.8 Å². The number of sulfonamides is 1. The van der Waals surface area contributed by atoms with Gasteiger partial charge in [-0.15, -0.1) is 0 Å². The second kappa shape index (κ2) is 10.9. The fourth-order valence-corrected chi connectivity index (χ4v) is 4.24. The average Bonchev–Trinajstić information content (AvgIpc) is 2.71. The summed E-state index contributed by atoms with van der Waals surface area (Å²) in [7, 11) is -4.02. The van der Waals surface area contributed by atoms with Crippen molar-refractivity contribution in [2.75, 3.05) is 11.9 Å². The summed E-state index contributed by atoms with van der Waals surface area (Å²) in [5, 5.41) is 13.2. The van der Waals surface area contributed by atoms with E-state index < -0.39 is 51.1 Å². The number of hydrogen-bond acceptors (Lipinski definition) is 7. The molecule has 0 radical (unpaired) electrons. The lowest BCUT2D eigenvalue weighted by atomic mass is 10.1. The smallest absolute Gasteiger partial charge is 0.324 e. The van der Waals surface area contributed by atoms with Crippen molar-refractivity contribution in [1.29, 1.82) is 0 Å². The van der Waals surface area contributed by atoms with Crippen LogP contribution in [-0.4, -0.2) is 37.9 Å². The van der Waals surface area contributed by atoms with Gasteiger partial charge in [0.25, 0.3) is 11.6 Å². The van der Waals surface area contributed by atoms with E-state index in [4.69, 9.17) is 16.3 Å². The van der Waals surface area contributed by atoms with Gasteiger partial charge in [-0.1, -0.05) is 41.4 Å². The first-order chi connectivity index (χ1) is 14.9. The van der Waals surface area contributed by atoms with E-state index in [2.05, 4.69) is 26.0 Å². The summed E-state index contributed by atoms with van der Waals surface area (Å²) in [5.74, 6) is -2.19. The van der Waals surface area contributed by atoms with Crippen LogP contribution in [0.4, 0.5) is 11.4 Å². The Kier molecular flexibility index (Phi) is 8.73. The molecular weight excluding hydrogens is 530 g/mol. The highest BCUT2D eigenvalue weighted by atomic mass is 79.9. The molecule has 0 fully saturated rings. The molecule has 32 heavy (non-hydrogen) atoms. The normalized spacial score (nSPS) is 12.3. The van der Waals surface area contributed by atoms with Gasteiger partial charge in [0.2, 0.25) is 10.0 Å². The van der Waals surface area contributed by atoms with Crippen molar-refractivity contribution in [2.45, 2.75) is 24.8 Å². The maximum Gasteiger partial charge on any atom is 0.324 e. The lowest BCUT2D eigenvalue weighted by Gasteiger charge is -2.20. The van der Waals surface area contributed by atoms with E-state index in [0.29, 0.717) is 4.47 Å². The van der Waals surface area contributed by atoms with Gasteiger partial charge in [0.05, 0.1) is 9.82 Å². The molecule has 1 atom stereocenters. The number of carbonyl (C=O) groups excluding carboxylic acids is 2. The highest BCUT2D eigenvalue weighted by Crippen LogP contribution is 2.27. The predicted molar refractivity (Wildman–Crippen MR) is 121 cm³/mol. The zero-order valence-electron chi connectivity index (χ0n) is 16.9. The monoisotopic (exact) mass is 547 g/mol. The molecular formula is C19H19BrClN3O7S. The lowest BCUT2D eigenvalue weighted by Crippen LogP contribution is -2.45. The minimum Gasteiger partial charge on any atom is -0.454 e. The molecule has 1 amide bonds. The van der Waals surface area contributed by atoms with E-state index in [0.717, 1.165) is 6.07 Å². The Morgan fingerprint density at radius 1 is 1.19 bits per heavy atom. The van der Waals surface area contributed by atoms with Crippen molar-refractivity contribution < 1.29 is 27.7 Å². The number of carbonyl (C=O) groups is 2. The van der Waals surface area contributed by atoms with Gasteiger partial charge in [-0.2, -0.15) is 4.72 Å². The summed E-state index contributed by atoms with van der Waals surface area (Å²) in [6, 6.07) is 8.23. The first-order valence-electron chi connectivity index (χ1n) is 9.09. The van der Waals surface area contributed by atoms with Crippen LogP contribution in [0.15, 0.2) is 51.8 Å². The van der Waals surface area contributed by atoms with E-state index >= 15 is 0 Å². The molecule has 0 saturated heterocycles. The number of ether oxygens (including phenoxy) is 1. The maximum absolute atomic E-state index is 12.6. The van der Waals surface area contributed by atoms with Crippen LogP contribution in [0.2, 0.25) is 5.02 Å². The van der Waals surface area contributed by atoms with Crippen LogP contribution in [0.5, 0.6) is 0 Å². The minimum absolute atomic E-state index is 0.0405. The third-order valence-electron chi connectivity index (χ3n) is 4.10. The van der Waals surface area contributed by atoms with Gasteiger partial charge < -0.3 is 10.1 Å². The van der Waals surface area contributed by atoms with E-state index in [1.54, 1.807) is 26.0 Å². The largest absolute Gasteiger partial charge is 0.454 e. The molecule has 10 nitrogen and oxygen atoms in total. The van der Waals surface area contributed by atoms with E-state index in [9.17, 15) is 28.1 Å². The van der Waals surface area contributed by atoms with Gasteiger partial charge in [0, 0.05) is 16.2 Å². The summed E-state index contributed by atoms with van der Waals surface area (Å²) >= 11 is 8.93. The van der Waals surface area contributed by atoms with Crippen molar-refractivity contribution in [2.24, 2.45) is 5.92 Å². The molecule has 0 aliphatic carbocycles. The van der Waals surface area contributed by atoms with Crippen LogP contribution in [0.3, 0.4) is 0 Å². The number of nitro benzene ring substituents is 1. The molecule has 0 bridgehead atoms. The van der Waals surface area contributed by atoms with Crippen LogP contribution in [0, 0.1) is 16.0 Å². The van der Waals surface area contributed by atoms with E-state index in [1.165, 1.54) is 24.3 Å². The van der Waals surface area contributed by atoms with Crippen molar-refractivity contribution in [3.63, 3.8) is 0 Å². The number of halogens is 2. The van der Waals surface area contributed by atoms with Crippen molar-refractivity contribution in [3.05, 3.63) is 62.1 Å². The molecule has 2 rings (SSSR count). The summed E-state index contributed by atoms with van der Waals surface area (Å²) < 4.78 is 33.1. The van der Waals surface area contributed by atoms with Gasteiger partial charge in [0.15, 0.2) is 6.61 Å². The molecule has 0 saturated carbocycles. The SMILES string of the molecule is CC(C)[C@H](NS(=O)(=O)c1ccc(Br)cc1)C(=O)OCC(=O)Nc1ccc(Cl)c([N+](=O)[O-])c1. The van der Waals surface area contributed by atoms with Gasteiger partial charge >= 0.3 is 5.97 Å². The quantitative estimate of drug-likeness (QED) is 0.277. The molecule has 0 heterocycles.